The van der Waals surface area contributed by atoms with E-state index < -0.39 is 24.3 Å². The average Bonchev–Trinajstić information content (AvgIpc) is 4.09. The van der Waals surface area contributed by atoms with E-state index in [0.717, 1.165) is 68.3 Å². The van der Waals surface area contributed by atoms with E-state index in [1.165, 1.54) is 14.2 Å². The molecule has 328 valence electrons. The van der Waals surface area contributed by atoms with Crippen LogP contribution in [0.5, 0.6) is 5.75 Å². The maximum absolute atomic E-state index is 14.0. The standard InChI is InChI=1S/C46H56N8O8/c1-23(2)38(51-45(57)60-7)43(55)53-20-26(21-59-6)15-36(53)41-47-19-34(49-41)28-10-12-30-29(16-28)22-62-37-18-31-27(17-32(30)37)11-13-33-40(31)50-42(48-33)35-14-9-25(5)54(35)44(56)39(24(3)4)52-46(58)61-8/h10-13,16-19,23-26,35-36,38-39H,9,14-15,20-22H2,1-8H3,(H,47,49)(H,48,50)(H,51,57)(H,52,58)/t25-,26-,35-,36?,38?,39-/m0/s1. The Balaban J connectivity index is 1.05. The van der Waals surface area contributed by atoms with Crippen molar-refractivity contribution in [3.63, 3.8) is 0 Å². The molecule has 2 fully saturated rings. The number of ether oxygens (including phenoxy) is 4. The molecule has 3 aromatic carbocycles. The first-order chi connectivity index (χ1) is 29.8. The fraction of sp³-hybridized carbons (Fsp3) is 0.478. The molecule has 2 saturated heterocycles. The van der Waals surface area contributed by atoms with Crippen molar-refractivity contribution in [3.05, 3.63) is 65.9 Å². The summed E-state index contributed by atoms with van der Waals surface area (Å²) in [4.78, 5) is 72.8. The van der Waals surface area contributed by atoms with Crippen molar-refractivity contribution in [3.8, 4) is 28.1 Å². The van der Waals surface area contributed by atoms with E-state index in [9.17, 15) is 19.2 Å². The topological polar surface area (TPSA) is 193 Å². The molecule has 8 rings (SSSR count). The summed E-state index contributed by atoms with van der Waals surface area (Å²) in [5, 5.41) is 7.44. The number of hydrogen-bond donors (Lipinski definition) is 4. The number of benzene rings is 3. The normalized spacial score (nSPS) is 20.5. The van der Waals surface area contributed by atoms with Crippen LogP contribution in [0.1, 0.15) is 83.2 Å². The first-order valence-corrected chi connectivity index (χ1v) is 21.4. The number of carbonyl (C=O) groups excluding carboxylic acids is 4. The summed E-state index contributed by atoms with van der Waals surface area (Å²) in [6.45, 7) is 11.0. The summed E-state index contributed by atoms with van der Waals surface area (Å²) >= 11 is 0. The number of hydrogen-bond acceptors (Lipinski definition) is 10. The number of alkyl carbamates (subject to hydrolysis) is 2. The van der Waals surface area contributed by atoms with Crippen LogP contribution in [0.4, 0.5) is 9.59 Å². The summed E-state index contributed by atoms with van der Waals surface area (Å²) in [6, 6.07) is 12.5. The van der Waals surface area contributed by atoms with Crippen molar-refractivity contribution in [1.29, 1.82) is 0 Å². The zero-order chi connectivity index (χ0) is 44.0. The third-order valence-corrected chi connectivity index (χ3v) is 12.7. The minimum atomic E-state index is -0.754. The number of amides is 4. The van der Waals surface area contributed by atoms with Crippen molar-refractivity contribution in [2.75, 3.05) is 34.5 Å². The second-order valence-corrected chi connectivity index (χ2v) is 17.5. The first kappa shape index (κ1) is 42.5. The summed E-state index contributed by atoms with van der Waals surface area (Å²) in [6.07, 6.45) is 2.73. The van der Waals surface area contributed by atoms with Gasteiger partial charge >= 0.3 is 12.2 Å². The van der Waals surface area contributed by atoms with Crippen LogP contribution in [0.15, 0.2) is 48.7 Å². The smallest absolute Gasteiger partial charge is 0.407 e. The minimum Gasteiger partial charge on any atom is -0.488 e. The van der Waals surface area contributed by atoms with Gasteiger partial charge in [-0.15, -0.1) is 0 Å². The Morgan fingerprint density at radius 3 is 2.27 bits per heavy atom. The van der Waals surface area contributed by atoms with E-state index in [4.69, 9.17) is 28.9 Å². The van der Waals surface area contributed by atoms with E-state index in [1.54, 1.807) is 18.2 Å². The lowest BCUT2D eigenvalue weighted by Crippen LogP contribution is -2.52. The molecule has 62 heavy (non-hydrogen) atoms. The second-order valence-electron chi connectivity index (χ2n) is 17.5. The highest BCUT2D eigenvalue weighted by atomic mass is 16.5. The molecule has 3 aliphatic rings. The first-order valence-electron chi connectivity index (χ1n) is 21.4. The van der Waals surface area contributed by atoms with Gasteiger partial charge in [-0.1, -0.05) is 45.9 Å². The molecular formula is C46H56N8O8. The number of carbonyl (C=O) groups is 4. The maximum Gasteiger partial charge on any atom is 0.407 e. The number of fused-ring (bicyclic) bond motifs is 6. The van der Waals surface area contributed by atoms with Gasteiger partial charge in [0.2, 0.25) is 11.8 Å². The molecule has 2 unspecified atom stereocenters. The van der Waals surface area contributed by atoms with Crippen LogP contribution in [0.3, 0.4) is 0 Å². The fourth-order valence-corrected chi connectivity index (χ4v) is 9.43. The molecule has 0 spiro atoms. The predicted octanol–water partition coefficient (Wildman–Crippen LogP) is 7.01. The van der Waals surface area contributed by atoms with Gasteiger partial charge in [0.05, 0.1) is 55.8 Å². The lowest BCUT2D eigenvalue weighted by atomic mass is 9.92. The lowest BCUT2D eigenvalue weighted by Gasteiger charge is -2.32. The van der Waals surface area contributed by atoms with Crippen LogP contribution in [-0.2, 0) is 30.4 Å². The highest BCUT2D eigenvalue weighted by molar-refractivity contribution is 6.07. The van der Waals surface area contributed by atoms with Crippen molar-refractivity contribution >= 4 is 45.8 Å². The van der Waals surface area contributed by atoms with E-state index in [2.05, 4.69) is 57.0 Å². The molecule has 2 aromatic heterocycles. The Morgan fingerprint density at radius 1 is 0.855 bits per heavy atom. The largest absolute Gasteiger partial charge is 0.488 e. The fourth-order valence-electron chi connectivity index (χ4n) is 9.43. The van der Waals surface area contributed by atoms with Crippen molar-refractivity contribution in [1.82, 2.24) is 40.4 Å². The number of methoxy groups -OCH3 is 3. The molecular weight excluding hydrogens is 793 g/mol. The van der Waals surface area contributed by atoms with Crippen LogP contribution in [0, 0.1) is 17.8 Å². The van der Waals surface area contributed by atoms with E-state index in [0.29, 0.717) is 37.8 Å². The zero-order valence-corrected chi connectivity index (χ0v) is 36.5. The number of nitrogens with one attached hydrogen (secondary N) is 4. The van der Waals surface area contributed by atoms with Gasteiger partial charge in [-0.05, 0) is 84.4 Å². The summed E-state index contributed by atoms with van der Waals surface area (Å²) < 4.78 is 21.6. The van der Waals surface area contributed by atoms with Gasteiger partial charge in [-0.2, -0.15) is 0 Å². The Kier molecular flexibility index (Phi) is 11.9. The minimum absolute atomic E-state index is 0.0301. The number of aromatic nitrogens is 4. The number of likely N-dealkylation sites (tertiary alicyclic amines) is 2. The maximum atomic E-state index is 14.0. The lowest BCUT2D eigenvalue weighted by molar-refractivity contribution is -0.137. The SMILES string of the molecule is COC[C@H]1CC(c2ncc(-c3ccc4c(c3)COc3cc5c(ccc6nc([C@@H]7CC[C@H](C)N7C(=O)[C@@H](NC(=O)OC)C(C)C)[nH]c65)cc3-4)[nH]2)N(C(=O)C(NC(=O)OC)C(C)C)C1. The summed E-state index contributed by atoms with van der Waals surface area (Å²) in [7, 11) is 4.23. The summed E-state index contributed by atoms with van der Waals surface area (Å²) in [5.74, 6) is 1.61. The quantitative estimate of drug-likeness (QED) is 0.107. The molecule has 5 heterocycles. The Hall–Kier alpha value is -6.16. The molecule has 3 aliphatic heterocycles. The van der Waals surface area contributed by atoms with Crippen LogP contribution in [0.2, 0.25) is 0 Å². The van der Waals surface area contributed by atoms with Gasteiger partial charge in [0.15, 0.2) is 0 Å². The second kappa shape index (κ2) is 17.3. The van der Waals surface area contributed by atoms with Crippen LogP contribution in [0.25, 0.3) is 44.2 Å². The van der Waals surface area contributed by atoms with Crippen LogP contribution in [-0.4, -0.2) is 106 Å². The van der Waals surface area contributed by atoms with E-state index in [-0.39, 0.29) is 47.7 Å². The summed E-state index contributed by atoms with van der Waals surface area (Å²) in [5.41, 5.74) is 6.51. The highest BCUT2D eigenvalue weighted by Gasteiger charge is 2.43. The molecule has 0 aliphatic carbocycles. The zero-order valence-electron chi connectivity index (χ0n) is 36.5. The number of rotatable bonds is 11. The third kappa shape index (κ3) is 7.91. The van der Waals surface area contributed by atoms with Gasteiger partial charge in [0.25, 0.3) is 0 Å². The van der Waals surface area contributed by atoms with Gasteiger partial charge in [-0.25, -0.2) is 19.6 Å². The van der Waals surface area contributed by atoms with Gasteiger partial charge in [0.1, 0.15) is 36.1 Å². The Morgan fingerprint density at radius 2 is 1.58 bits per heavy atom. The molecule has 16 heteroatoms. The number of aromatic amines is 2. The van der Waals surface area contributed by atoms with E-state index in [1.807, 2.05) is 45.6 Å². The monoisotopic (exact) mass is 848 g/mol. The van der Waals surface area contributed by atoms with Crippen LogP contribution >= 0.6 is 0 Å². The molecule has 5 aromatic rings. The third-order valence-electron chi connectivity index (χ3n) is 12.7. The highest BCUT2D eigenvalue weighted by Crippen LogP contribution is 2.44. The van der Waals surface area contributed by atoms with Gasteiger partial charge in [-0.3, -0.25) is 9.59 Å². The molecule has 0 radical (unpaired) electrons. The number of nitrogens with zero attached hydrogens (tertiary/aromatic N) is 4. The van der Waals surface area contributed by atoms with Gasteiger partial charge in [0, 0.05) is 36.6 Å². The van der Waals surface area contributed by atoms with Crippen molar-refractivity contribution in [2.24, 2.45) is 17.8 Å². The molecule has 4 amide bonds. The molecule has 16 nitrogen and oxygen atoms in total. The number of imidazole rings is 2. The molecule has 0 bridgehead atoms. The molecule has 6 atom stereocenters. The van der Waals surface area contributed by atoms with Crippen molar-refractivity contribution in [2.45, 2.75) is 90.7 Å². The Labute approximate surface area is 360 Å². The average molecular weight is 849 g/mol. The van der Waals surface area contributed by atoms with Crippen LogP contribution < -0.4 is 15.4 Å². The Bertz CT molecular complexity index is 2510. The number of H-pyrrole nitrogens is 2. The van der Waals surface area contributed by atoms with E-state index >= 15 is 0 Å². The van der Waals surface area contributed by atoms with Crippen molar-refractivity contribution < 1.29 is 38.1 Å². The molecule has 4 N–H and O–H groups in total. The predicted molar refractivity (Wildman–Crippen MR) is 232 cm³/mol. The molecule has 0 saturated carbocycles. The van der Waals surface area contributed by atoms with Gasteiger partial charge < -0.3 is 49.3 Å².